The van der Waals surface area contributed by atoms with Gasteiger partial charge in [0, 0.05) is 87.8 Å². The third kappa shape index (κ3) is 7.70. The van der Waals surface area contributed by atoms with E-state index in [2.05, 4.69) is 54.8 Å². The smallest absolute Gasteiger partial charge is 0.375 e. The van der Waals surface area contributed by atoms with E-state index in [1.54, 1.807) is 6.07 Å². The third-order valence-electron chi connectivity index (χ3n) is 9.29. The van der Waals surface area contributed by atoms with Crippen LogP contribution in [0.4, 0.5) is 19.0 Å². The molecule has 2 fully saturated rings. The molecule has 1 aromatic carbocycles. The number of carbonyl (C=O) groups excluding carboxylic acids is 1. The highest BCUT2D eigenvalue weighted by atomic mass is 32.1. The number of rotatable bonds is 10. The van der Waals surface area contributed by atoms with Crippen LogP contribution in [-0.4, -0.2) is 107 Å². The number of fused-ring (bicyclic) bond motifs is 2. The number of alkyl halides is 3. The Labute approximate surface area is 275 Å². The van der Waals surface area contributed by atoms with Crippen LogP contribution in [0, 0.1) is 18.3 Å². The van der Waals surface area contributed by atoms with Gasteiger partial charge in [0.2, 0.25) is 5.91 Å². The van der Waals surface area contributed by atoms with E-state index in [9.17, 15) is 23.2 Å². The Kier molecular flexibility index (Phi) is 9.98. The minimum absolute atomic E-state index is 0.0220. The van der Waals surface area contributed by atoms with Crippen LogP contribution in [0.5, 0.6) is 0 Å². The lowest BCUT2D eigenvalue weighted by atomic mass is 10.0. The molecule has 250 valence electrons. The molecule has 0 radical (unpaired) electrons. The van der Waals surface area contributed by atoms with Crippen molar-refractivity contribution in [3.05, 3.63) is 52.3 Å². The molecule has 0 atom stereocenters. The molecule has 5 heterocycles. The molecule has 3 aromatic heterocycles. The molecule has 1 amide bonds. The van der Waals surface area contributed by atoms with Crippen molar-refractivity contribution in [3.8, 4) is 6.07 Å². The number of likely N-dealkylation sites (tertiary alicyclic amines) is 1. The number of aryl methyl sites for hydroxylation is 1. The molecule has 1 N–H and O–H groups in total. The lowest BCUT2D eigenvalue weighted by Crippen LogP contribution is -2.50. The molecule has 2 aliphatic rings. The van der Waals surface area contributed by atoms with Crippen molar-refractivity contribution in [2.75, 3.05) is 64.8 Å². The minimum Gasteiger partial charge on any atom is -0.375 e. The molecule has 14 heteroatoms. The quantitative estimate of drug-likeness (QED) is 0.257. The number of nitriles is 1. The Bertz CT molecular complexity index is 1770. The molecule has 0 saturated carbocycles. The number of nitrogens with one attached hydrogen (secondary N) is 1. The van der Waals surface area contributed by atoms with Gasteiger partial charge in [-0.3, -0.25) is 14.6 Å². The summed E-state index contributed by atoms with van der Waals surface area (Å²) in [5, 5.41) is 15.2. The number of anilines is 1. The topological polar surface area (TPSA) is 103 Å². The first kappa shape index (κ1) is 33.1. The van der Waals surface area contributed by atoms with E-state index in [1.165, 1.54) is 24.6 Å². The highest BCUT2D eigenvalue weighted by Crippen LogP contribution is 2.33. The summed E-state index contributed by atoms with van der Waals surface area (Å²) >= 11 is 1.06. The molecule has 0 spiro atoms. The van der Waals surface area contributed by atoms with Crippen LogP contribution in [0.1, 0.15) is 34.5 Å². The average Bonchev–Trinajstić information content (AvgIpc) is 3.63. The molecule has 2 saturated heterocycles. The normalized spacial score (nSPS) is 17.1. The van der Waals surface area contributed by atoms with E-state index < -0.39 is 12.6 Å². The first-order chi connectivity index (χ1) is 22.6. The van der Waals surface area contributed by atoms with Gasteiger partial charge in [-0.2, -0.15) is 18.4 Å². The number of piperazine rings is 1. The third-order valence-corrected chi connectivity index (χ3v) is 10.3. The van der Waals surface area contributed by atoms with Crippen LogP contribution in [-0.2, 0) is 29.0 Å². The van der Waals surface area contributed by atoms with E-state index in [4.69, 9.17) is 4.74 Å². The van der Waals surface area contributed by atoms with E-state index in [1.807, 2.05) is 11.0 Å². The molecule has 2 aliphatic heterocycles. The Balaban J connectivity index is 1.05. The monoisotopic (exact) mass is 668 g/mol. The predicted octanol–water partition coefficient (Wildman–Crippen LogP) is 4.80. The van der Waals surface area contributed by atoms with Gasteiger partial charge >= 0.3 is 6.18 Å². The number of piperidine rings is 1. The van der Waals surface area contributed by atoms with Crippen LogP contribution in [0.15, 0.2) is 30.6 Å². The van der Waals surface area contributed by atoms with Gasteiger partial charge in [0.25, 0.3) is 0 Å². The number of aromatic nitrogens is 3. The standard InChI is InChI=1S/C33H39F3N8O2S/c1-22-23(3-4-29-27(22)15-25(18-37)44(29)14-11-41-9-12-43(13-10-41)30(45)20-46-2)19-42-7-5-24(6-8-42)40-31-28-16-26(17-33(34,35)36)47-32(28)39-21-38-31/h3-4,15-16,21,24H,5-14,17,19-20H2,1-2H3,(H,38,39,40). The predicted molar refractivity (Wildman–Crippen MR) is 175 cm³/mol. The fourth-order valence-corrected chi connectivity index (χ4v) is 7.70. The van der Waals surface area contributed by atoms with Crippen molar-refractivity contribution in [2.45, 2.75) is 51.5 Å². The second-order valence-corrected chi connectivity index (χ2v) is 13.5. The van der Waals surface area contributed by atoms with Crippen molar-refractivity contribution in [1.29, 1.82) is 5.26 Å². The summed E-state index contributed by atoms with van der Waals surface area (Å²) in [6.07, 6.45) is -2.04. The van der Waals surface area contributed by atoms with Crippen LogP contribution in [0.3, 0.4) is 0 Å². The number of carbonyl (C=O) groups is 1. The minimum atomic E-state index is -4.26. The van der Waals surface area contributed by atoms with Crippen molar-refractivity contribution in [1.82, 2.24) is 29.2 Å². The maximum atomic E-state index is 12.9. The fourth-order valence-electron chi connectivity index (χ4n) is 6.68. The van der Waals surface area contributed by atoms with E-state index in [0.717, 1.165) is 74.3 Å². The zero-order chi connectivity index (χ0) is 33.1. The number of nitrogens with zero attached hydrogens (tertiary/aromatic N) is 7. The average molecular weight is 669 g/mol. The second kappa shape index (κ2) is 14.1. The molecular formula is C33H39F3N8O2S. The molecular weight excluding hydrogens is 629 g/mol. The summed E-state index contributed by atoms with van der Waals surface area (Å²) in [7, 11) is 1.53. The van der Waals surface area contributed by atoms with Gasteiger partial charge < -0.3 is 19.5 Å². The zero-order valence-electron chi connectivity index (χ0n) is 26.6. The highest BCUT2D eigenvalue weighted by molar-refractivity contribution is 7.18. The van der Waals surface area contributed by atoms with Gasteiger partial charge in [-0.1, -0.05) is 6.07 Å². The number of benzene rings is 1. The summed E-state index contributed by atoms with van der Waals surface area (Å²) in [5.74, 6) is 0.616. The molecule has 10 nitrogen and oxygen atoms in total. The van der Waals surface area contributed by atoms with Crippen LogP contribution >= 0.6 is 11.3 Å². The first-order valence-corrected chi connectivity index (χ1v) is 16.7. The van der Waals surface area contributed by atoms with Gasteiger partial charge in [0.1, 0.15) is 35.3 Å². The van der Waals surface area contributed by atoms with Gasteiger partial charge in [-0.15, -0.1) is 11.3 Å². The Hall–Kier alpha value is -3.77. The highest BCUT2D eigenvalue weighted by Gasteiger charge is 2.29. The number of amides is 1. The van der Waals surface area contributed by atoms with Gasteiger partial charge in [-0.05, 0) is 49.1 Å². The number of ether oxygens (including phenoxy) is 1. The molecule has 4 aromatic rings. The van der Waals surface area contributed by atoms with Crippen molar-refractivity contribution in [3.63, 3.8) is 0 Å². The lowest BCUT2D eigenvalue weighted by Gasteiger charge is -2.34. The van der Waals surface area contributed by atoms with Gasteiger partial charge in [-0.25, -0.2) is 9.97 Å². The maximum Gasteiger partial charge on any atom is 0.393 e. The summed E-state index contributed by atoms with van der Waals surface area (Å²) < 4.78 is 45.9. The van der Waals surface area contributed by atoms with E-state index >= 15 is 0 Å². The molecule has 0 aliphatic carbocycles. The number of hydrogen-bond donors (Lipinski definition) is 1. The molecule has 6 rings (SSSR count). The first-order valence-electron chi connectivity index (χ1n) is 15.9. The summed E-state index contributed by atoms with van der Waals surface area (Å²) in [5.41, 5.74) is 4.12. The lowest BCUT2D eigenvalue weighted by molar-refractivity contribution is -0.136. The number of halogens is 3. The van der Waals surface area contributed by atoms with Crippen LogP contribution < -0.4 is 5.32 Å². The van der Waals surface area contributed by atoms with E-state index in [-0.39, 0.29) is 23.4 Å². The Morgan fingerprint density at radius 3 is 2.53 bits per heavy atom. The summed E-state index contributed by atoms with van der Waals surface area (Å²) in [6.45, 7) is 9.25. The molecule has 0 bridgehead atoms. The van der Waals surface area contributed by atoms with Crippen molar-refractivity contribution >= 4 is 44.2 Å². The SMILES string of the molecule is COCC(=O)N1CCN(CCn2c(C#N)cc3c(C)c(CN4CCC(Nc5ncnc6sc(CC(F)(F)F)cc56)CC4)ccc32)CC1. The van der Waals surface area contributed by atoms with E-state index in [0.29, 0.717) is 41.4 Å². The summed E-state index contributed by atoms with van der Waals surface area (Å²) in [6, 6.07) is 10.4. The summed E-state index contributed by atoms with van der Waals surface area (Å²) in [4.78, 5) is 28.1. The zero-order valence-corrected chi connectivity index (χ0v) is 27.5. The van der Waals surface area contributed by atoms with Crippen LogP contribution in [0.2, 0.25) is 0 Å². The molecule has 0 unspecified atom stereocenters. The second-order valence-electron chi connectivity index (χ2n) is 12.4. The number of hydrogen-bond acceptors (Lipinski definition) is 9. The maximum absolute atomic E-state index is 12.9. The Morgan fingerprint density at radius 2 is 1.83 bits per heavy atom. The van der Waals surface area contributed by atoms with Crippen molar-refractivity contribution < 1.29 is 22.7 Å². The Morgan fingerprint density at radius 1 is 1.06 bits per heavy atom. The fraction of sp³-hybridized carbons (Fsp3) is 0.515. The van der Waals surface area contributed by atoms with Crippen LogP contribution in [0.25, 0.3) is 21.1 Å². The number of methoxy groups -OCH3 is 1. The van der Waals surface area contributed by atoms with Gasteiger partial charge in [0.15, 0.2) is 0 Å². The largest absolute Gasteiger partial charge is 0.393 e. The number of thiophene rings is 1. The molecule has 47 heavy (non-hydrogen) atoms. The van der Waals surface area contributed by atoms with Crippen molar-refractivity contribution in [2.24, 2.45) is 0 Å². The van der Waals surface area contributed by atoms with Gasteiger partial charge in [0.05, 0.1) is 11.8 Å².